The third-order valence-electron chi connectivity index (χ3n) is 4.57. The molecule has 0 aliphatic rings. The predicted molar refractivity (Wildman–Crippen MR) is 100 cm³/mol. The van der Waals surface area contributed by atoms with Crippen molar-refractivity contribution < 1.29 is 24.2 Å². The van der Waals surface area contributed by atoms with E-state index < -0.39 is 23.5 Å². The fraction of sp³-hybridized carbons (Fsp3) is 0.190. The van der Waals surface area contributed by atoms with E-state index in [-0.39, 0.29) is 6.42 Å². The van der Waals surface area contributed by atoms with Crippen molar-refractivity contribution in [3.8, 4) is 16.9 Å². The zero-order valence-corrected chi connectivity index (χ0v) is 15.0. The van der Waals surface area contributed by atoms with Crippen LogP contribution in [0.15, 0.2) is 54.7 Å². The third-order valence-corrected chi connectivity index (χ3v) is 4.57. The average Bonchev–Trinajstić information content (AvgIpc) is 3.07. The van der Waals surface area contributed by atoms with Crippen LogP contribution < -0.4 is 4.74 Å². The molecule has 0 aliphatic heterocycles. The van der Waals surface area contributed by atoms with Gasteiger partial charge in [-0.1, -0.05) is 25.1 Å². The van der Waals surface area contributed by atoms with Crippen LogP contribution >= 0.6 is 0 Å². The Labute approximate surface area is 156 Å². The molecule has 0 bridgehead atoms. The number of hydrogen-bond acceptors (Lipinski definition) is 4. The molecule has 27 heavy (non-hydrogen) atoms. The number of nitrogens with zero attached hydrogens (tertiary/aromatic N) is 1. The number of ketones is 2. The summed E-state index contributed by atoms with van der Waals surface area (Å²) in [7, 11) is 1.57. The first-order valence-electron chi connectivity index (χ1n) is 8.53. The minimum absolute atomic E-state index is 0.117. The summed E-state index contributed by atoms with van der Waals surface area (Å²) in [5, 5.41) is 9.06. The average molecular weight is 365 g/mol. The van der Waals surface area contributed by atoms with Crippen LogP contribution in [0.4, 0.5) is 0 Å². The Hall–Kier alpha value is -3.41. The summed E-state index contributed by atoms with van der Waals surface area (Å²) in [5.41, 5.74) is 2.51. The number of benzene rings is 1. The Morgan fingerprint density at radius 2 is 1.81 bits per heavy atom. The monoisotopic (exact) mass is 365 g/mol. The second-order valence-electron chi connectivity index (χ2n) is 6.13. The first kappa shape index (κ1) is 18.4. The molecule has 1 unspecified atom stereocenters. The van der Waals surface area contributed by atoms with Crippen molar-refractivity contribution in [3.05, 3.63) is 60.4 Å². The van der Waals surface area contributed by atoms with Crippen LogP contribution in [0.2, 0.25) is 0 Å². The van der Waals surface area contributed by atoms with Gasteiger partial charge < -0.3 is 14.2 Å². The molecule has 1 aromatic carbocycles. The molecule has 138 valence electrons. The molecule has 1 N–H and O–H groups in total. The minimum Gasteiger partial charge on any atom is -0.497 e. The number of ether oxygens (including phenoxy) is 1. The van der Waals surface area contributed by atoms with Gasteiger partial charge in [0, 0.05) is 17.3 Å². The molecule has 6 nitrogen and oxygen atoms in total. The normalized spacial score (nSPS) is 11.9. The highest BCUT2D eigenvalue weighted by atomic mass is 16.5. The number of fused-ring (bicyclic) bond motifs is 1. The maximum absolute atomic E-state index is 13.2. The Balaban J connectivity index is 2.19. The zero-order valence-electron chi connectivity index (χ0n) is 15.0. The minimum atomic E-state index is -1.60. The standard InChI is InChI=1S/C21H19NO5/c1-3-16(20(24)21(25)26)19(23)18-17(12-14-6-4-5-11-22(14)18)13-7-9-15(27-2)10-8-13/h4-12,16H,3H2,1-2H3,(H,25,26). The first-order valence-corrected chi connectivity index (χ1v) is 8.53. The lowest BCUT2D eigenvalue weighted by Gasteiger charge is -2.13. The highest BCUT2D eigenvalue weighted by Gasteiger charge is 2.33. The molecule has 0 amide bonds. The molecule has 0 radical (unpaired) electrons. The second-order valence-corrected chi connectivity index (χ2v) is 6.13. The van der Waals surface area contributed by atoms with Gasteiger partial charge in [0.25, 0.3) is 5.78 Å². The lowest BCUT2D eigenvalue weighted by Crippen LogP contribution is -2.30. The smallest absolute Gasteiger partial charge is 0.372 e. The van der Waals surface area contributed by atoms with Crippen LogP contribution in [-0.2, 0) is 9.59 Å². The molecule has 0 saturated carbocycles. The van der Waals surface area contributed by atoms with Crippen molar-refractivity contribution in [2.24, 2.45) is 5.92 Å². The van der Waals surface area contributed by atoms with Gasteiger partial charge in [-0.15, -0.1) is 0 Å². The lowest BCUT2D eigenvalue weighted by molar-refractivity contribution is -0.150. The van der Waals surface area contributed by atoms with Gasteiger partial charge in [0.15, 0.2) is 5.78 Å². The number of Topliss-reactive ketones (excluding diaryl/α,β-unsaturated/α-hetero) is 2. The zero-order chi connectivity index (χ0) is 19.6. The Morgan fingerprint density at radius 3 is 2.41 bits per heavy atom. The maximum Gasteiger partial charge on any atom is 0.372 e. The van der Waals surface area contributed by atoms with E-state index in [2.05, 4.69) is 0 Å². The molecule has 0 spiro atoms. The van der Waals surface area contributed by atoms with E-state index in [0.29, 0.717) is 17.0 Å². The Bertz CT molecular complexity index is 1020. The number of aliphatic carboxylic acids is 1. The summed E-state index contributed by atoms with van der Waals surface area (Å²) in [6.07, 6.45) is 1.85. The number of hydrogen-bond donors (Lipinski definition) is 1. The Morgan fingerprint density at radius 1 is 1.11 bits per heavy atom. The van der Waals surface area contributed by atoms with Crippen molar-refractivity contribution in [2.45, 2.75) is 13.3 Å². The first-order chi connectivity index (χ1) is 13.0. The fourth-order valence-electron chi connectivity index (χ4n) is 3.17. The molecule has 0 fully saturated rings. The summed E-state index contributed by atoms with van der Waals surface area (Å²) in [4.78, 5) is 36.4. The van der Waals surface area contributed by atoms with Crippen LogP contribution in [0.5, 0.6) is 5.75 Å². The summed E-state index contributed by atoms with van der Waals surface area (Å²) < 4.78 is 6.87. The van der Waals surface area contributed by atoms with E-state index in [1.54, 1.807) is 42.8 Å². The van der Waals surface area contributed by atoms with E-state index in [4.69, 9.17) is 9.84 Å². The quantitative estimate of drug-likeness (QED) is 0.394. The molecule has 0 saturated heterocycles. The highest BCUT2D eigenvalue weighted by Crippen LogP contribution is 2.31. The topological polar surface area (TPSA) is 85.1 Å². The SMILES string of the molecule is CCC(C(=O)C(=O)O)C(=O)c1c(-c2ccc(OC)cc2)cc2ccccn12. The van der Waals surface area contributed by atoms with Gasteiger partial charge >= 0.3 is 5.97 Å². The summed E-state index contributed by atoms with van der Waals surface area (Å²) in [6.45, 7) is 1.63. The van der Waals surface area contributed by atoms with Crippen LogP contribution in [-0.4, -0.2) is 34.2 Å². The van der Waals surface area contributed by atoms with Gasteiger partial charge in [0.2, 0.25) is 0 Å². The maximum atomic E-state index is 13.2. The molecule has 2 aromatic heterocycles. The number of carboxylic acid groups (broad SMARTS) is 1. The third kappa shape index (κ3) is 3.33. The number of aromatic nitrogens is 1. The number of carbonyl (C=O) groups excluding carboxylic acids is 2. The molecule has 2 heterocycles. The van der Waals surface area contributed by atoms with Crippen LogP contribution in [0.25, 0.3) is 16.6 Å². The second kappa shape index (κ2) is 7.45. The van der Waals surface area contributed by atoms with E-state index >= 15 is 0 Å². The van der Waals surface area contributed by atoms with Gasteiger partial charge in [0.1, 0.15) is 5.75 Å². The van der Waals surface area contributed by atoms with Crippen molar-refractivity contribution in [3.63, 3.8) is 0 Å². The van der Waals surface area contributed by atoms with Gasteiger partial charge in [-0.2, -0.15) is 0 Å². The summed E-state index contributed by atoms with van der Waals surface area (Å²) >= 11 is 0. The van der Waals surface area contributed by atoms with Gasteiger partial charge in [-0.05, 0) is 42.3 Å². The fourth-order valence-corrected chi connectivity index (χ4v) is 3.17. The predicted octanol–water partition coefficient (Wildman–Crippen LogP) is 3.48. The van der Waals surface area contributed by atoms with Crippen molar-refractivity contribution in [1.29, 1.82) is 0 Å². The molecule has 3 aromatic rings. The van der Waals surface area contributed by atoms with Crippen LogP contribution in [0, 0.1) is 5.92 Å². The van der Waals surface area contributed by atoms with Crippen LogP contribution in [0.1, 0.15) is 23.8 Å². The largest absolute Gasteiger partial charge is 0.497 e. The van der Waals surface area contributed by atoms with E-state index in [1.165, 1.54) is 0 Å². The summed E-state index contributed by atoms with van der Waals surface area (Å²) in [6, 6.07) is 14.5. The van der Waals surface area contributed by atoms with Crippen molar-refractivity contribution in [1.82, 2.24) is 4.40 Å². The van der Waals surface area contributed by atoms with E-state index in [9.17, 15) is 14.4 Å². The van der Waals surface area contributed by atoms with Crippen molar-refractivity contribution >= 4 is 23.1 Å². The molecule has 0 aliphatic carbocycles. The number of methoxy groups -OCH3 is 1. The number of carbonyl (C=O) groups is 3. The number of carboxylic acids is 1. The number of pyridine rings is 1. The molecular formula is C21H19NO5. The van der Waals surface area contributed by atoms with Crippen molar-refractivity contribution in [2.75, 3.05) is 7.11 Å². The van der Waals surface area contributed by atoms with Crippen LogP contribution in [0.3, 0.4) is 0 Å². The molecule has 1 atom stereocenters. The molecular weight excluding hydrogens is 346 g/mol. The highest BCUT2D eigenvalue weighted by molar-refractivity contribution is 6.39. The van der Waals surface area contributed by atoms with Gasteiger partial charge in [-0.3, -0.25) is 9.59 Å². The molecule has 3 rings (SSSR count). The number of rotatable bonds is 7. The van der Waals surface area contributed by atoms with Gasteiger partial charge in [0.05, 0.1) is 18.7 Å². The molecule has 6 heteroatoms. The van der Waals surface area contributed by atoms with Gasteiger partial charge in [-0.25, -0.2) is 4.79 Å². The Kier molecular flexibility index (Phi) is 5.07. The van der Waals surface area contributed by atoms with E-state index in [1.807, 2.05) is 30.3 Å². The lowest BCUT2D eigenvalue weighted by atomic mass is 9.91. The van der Waals surface area contributed by atoms with E-state index in [0.717, 1.165) is 11.1 Å². The summed E-state index contributed by atoms with van der Waals surface area (Å²) in [5.74, 6) is -3.72.